The van der Waals surface area contributed by atoms with Gasteiger partial charge in [0.1, 0.15) is 0 Å². The van der Waals surface area contributed by atoms with Crippen LogP contribution in [0.1, 0.15) is 16.8 Å². The van der Waals surface area contributed by atoms with Gasteiger partial charge in [-0.3, -0.25) is 4.79 Å². The summed E-state index contributed by atoms with van der Waals surface area (Å²) in [5.74, 6) is 0.0697. The number of nitrogens with one attached hydrogen (secondary N) is 1. The Morgan fingerprint density at radius 2 is 2.38 bits per heavy atom. The summed E-state index contributed by atoms with van der Waals surface area (Å²) in [7, 11) is 1.93. The molecule has 1 N–H and O–H groups in total. The molecule has 86 valence electrons. The summed E-state index contributed by atoms with van der Waals surface area (Å²) in [6, 6.07) is 7.53. The molecule has 0 radical (unpaired) electrons. The number of carbonyl (C=O) groups is 1. The summed E-state index contributed by atoms with van der Waals surface area (Å²) in [5, 5.41) is 3.80. The lowest BCUT2D eigenvalue weighted by Gasteiger charge is -2.16. The third-order valence-electron chi connectivity index (χ3n) is 2.96. The molecule has 3 nitrogen and oxygen atoms in total. The van der Waals surface area contributed by atoms with E-state index in [0.29, 0.717) is 16.6 Å². The molecule has 0 aliphatic carbocycles. The third-order valence-corrected chi connectivity index (χ3v) is 3.19. The molecule has 1 atom stereocenters. The lowest BCUT2D eigenvalue weighted by Crippen LogP contribution is -2.33. The molecule has 1 aromatic carbocycles. The molecule has 0 spiro atoms. The summed E-state index contributed by atoms with van der Waals surface area (Å²) in [6.45, 7) is 1.60. The minimum absolute atomic E-state index is 0.0697. The van der Waals surface area contributed by atoms with Crippen molar-refractivity contribution in [3.8, 4) is 0 Å². The van der Waals surface area contributed by atoms with Gasteiger partial charge in [-0.1, -0.05) is 17.7 Å². The van der Waals surface area contributed by atoms with Gasteiger partial charge in [0.25, 0.3) is 5.91 Å². The minimum atomic E-state index is 0.0697. The van der Waals surface area contributed by atoms with Crippen LogP contribution in [0.2, 0.25) is 5.02 Å². The number of benzene rings is 1. The Labute approximate surface area is 100 Å². The van der Waals surface area contributed by atoms with Crippen molar-refractivity contribution in [1.82, 2.24) is 10.2 Å². The van der Waals surface area contributed by atoms with Crippen LogP contribution in [0, 0.1) is 0 Å². The van der Waals surface area contributed by atoms with E-state index in [1.807, 2.05) is 11.9 Å². The topological polar surface area (TPSA) is 32.3 Å². The zero-order chi connectivity index (χ0) is 11.5. The minimum Gasteiger partial charge on any atom is -0.337 e. The van der Waals surface area contributed by atoms with E-state index in [-0.39, 0.29) is 5.91 Å². The third kappa shape index (κ3) is 2.36. The van der Waals surface area contributed by atoms with Crippen LogP contribution in [0.15, 0.2) is 24.3 Å². The van der Waals surface area contributed by atoms with Gasteiger partial charge in [0.15, 0.2) is 0 Å². The van der Waals surface area contributed by atoms with Crippen molar-refractivity contribution < 1.29 is 4.79 Å². The van der Waals surface area contributed by atoms with Crippen LogP contribution >= 0.6 is 11.6 Å². The van der Waals surface area contributed by atoms with Gasteiger partial charge in [0.05, 0.1) is 0 Å². The van der Waals surface area contributed by atoms with Gasteiger partial charge < -0.3 is 10.2 Å². The Morgan fingerprint density at radius 3 is 3.00 bits per heavy atom. The highest BCUT2D eigenvalue weighted by molar-refractivity contribution is 6.30. The molecule has 0 unspecified atom stereocenters. The number of halogens is 1. The highest BCUT2D eigenvalue weighted by Crippen LogP contribution is 2.16. The zero-order valence-electron chi connectivity index (χ0n) is 9.24. The van der Waals surface area contributed by atoms with E-state index in [4.69, 9.17) is 11.6 Å². The summed E-state index contributed by atoms with van der Waals surface area (Å²) < 4.78 is 0. The first-order chi connectivity index (χ1) is 7.70. The molecular formula is C12H15ClN2O. The van der Waals surface area contributed by atoms with Gasteiger partial charge >= 0.3 is 0 Å². The number of amides is 1. The van der Waals surface area contributed by atoms with Crippen LogP contribution in [0.25, 0.3) is 0 Å². The molecule has 1 amide bonds. The van der Waals surface area contributed by atoms with Crippen molar-refractivity contribution in [2.75, 3.05) is 20.1 Å². The van der Waals surface area contributed by atoms with Crippen molar-refractivity contribution in [2.24, 2.45) is 0 Å². The Bertz CT molecular complexity index is 394. The van der Waals surface area contributed by atoms with Crippen LogP contribution < -0.4 is 5.32 Å². The average molecular weight is 239 g/mol. The van der Waals surface area contributed by atoms with Crippen LogP contribution in [-0.4, -0.2) is 37.0 Å². The first kappa shape index (κ1) is 11.4. The van der Waals surface area contributed by atoms with E-state index < -0.39 is 0 Å². The number of likely N-dealkylation sites (tertiary alicyclic amines) is 1. The van der Waals surface area contributed by atoms with E-state index >= 15 is 0 Å². The molecule has 1 aliphatic heterocycles. The van der Waals surface area contributed by atoms with Crippen molar-refractivity contribution >= 4 is 17.5 Å². The van der Waals surface area contributed by atoms with Gasteiger partial charge in [0.2, 0.25) is 0 Å². The number of hydrogen-bond donors (Lipinski definition) is 1. The Kier molecular flexibility index (Phi) is 3.46. The highest BCUT2D eigenvalue weighted by atomic mass is 35.5. The quantitative estimate of drug-likeness (QED) is 0.852. The molecule has 1 heterocycles. The van der Waals surface area contributed by atoms with E-state index in [1.165, 1.54) is 0 Å². The van der Waals surface area contributed by atoms with Gasteiger partial charge in [-0.15, -0.1) is 0 Å². The predicted molar refractivity (Wildman–Crippen MR) is 64.8 cm³/mol. The van der Waals surface area contributed by atoms with Crippen LogP contribution in [0.4, 0.5) is 0 Å². The second kappa shape index (κ2) is 4.85. The van der Waals surface area contributed by atoms with Crippen LogP contribution in [0.3, 0.4) is 0 Å². The monoisotopic (exact) mass is 238 g/mol. The Morgan fingerprint density at radius 1 is 1.56 bits per heavy atom. The predicted octanol–water partition coefficient (Wildman–Crippen LogP) is 1.77. The smallest absolute Gasteiger partial charge is 0.253 e. The Hall–Kier alpha value is -1.06. The summed E-state index contributed by atoms with van der Waals surface area (Å²) in [4.78, 5) is 14.0. The molecule has 0 aromatic heterocycles. The molecular weight excluding hydrogens is 224 g/mol. The van der Waals surface area contributed by atoms with Crippen LogP contribution in [-0.2, 0) is 0 Å². The molecule has 16 heavy (non-hydrogen) atoms. The largest absolute Gasteiger partial charge is 0.337 e. The lowest BCUT2D eigenvalue weighted by molar-refractivity contribution is 0.0789. The highest BCUT2D eigenvalue weighted by Gasteiger charge is 2.25. The molecule has 0 saturated carbocycles. The lowest BCUT2D eigenvalue weighted by atomic mass is 10.2. The zero-order valence-corrected chi connectivity index (χ0v) is 10.00. The fourth-order valence-electron chi connectivity index (χ4n) is 1.98. The van der Waals surface area contributed by atoms with Crippen molar-refractivity contribution in [3.63, 3.8) is 0 Å². The molecule has 1 aliphatic rings. The second-order valence-electron chi connectivity index (χ2n) is 4.04. The molecule has 1 aromatic rings. The fourth-order valence-corrected chi connectivity index (χ4v) is 2.17. The first-order valence-corrected chi connectivity index (χ1v) is 5.80. The average Bonchev–Trinajstić information content (AvgIpc) is 2.76. The molecule has 1 fully saturated rings. The first-order valence-electron chi connectivity index (χ1n) is 5.43. The number of rotatable bonds is 2. The molecule has 0 bridgehead atoms. The van der Waals surface area contributed by atoms with Crippen molar-refractivity contribution in [1.29, 1.82) is 0 Å². The van der Waals surface area contributed by atoms with Crippen LogP contribution in [0.5, 0.6) is 0 Å². The number of carbonyl (C=O) groups excluding carboxylic acids is 1. The fraction of sp³-hybridized carbons (Fsp3) is 0.417. The van der Waals surface area contributed by atoms with E-state index in [9.17, 15) is 4.79 Å². The van der Waals surface area contributed by atoms with E-state index in [1.54, 1.807) is 24.3 Å². The van der Waals surface area contributed by atoms with Gasteiger partial charge in [-0.2, -0.15) is 0 Å². The second-order valence-corrected chi connectivity index (χ2v) is 4.47. The maximum absolute atomic E-state index is 12.1. The molecule has 1 saturated heterocycles. The molecule has 2 rings (SSSR count). The maximum Gasteiger partial charge on any atom is 0.253 e. The summed E-state index contributed by atoms with van der Waals surface area (Å²) >= 11 is 5.87. The summed E-state index contributed by atoms with van der Waals surface area (Å²) in [6.07, 6.45) is 1.02. The summed E-state index contributed by atoms with van der Waals surface area (Å²) in [5.41, 5.74) is 0.671. The van der Waals surface area contributed by atoms with Gasteiger partial charge in [0, 0.05) is 29.7 Å². The SMILES string of the molecule is CN[C@H]1CCN(C(=O)c2cccc(Cl)c2)C1. The standard InChI is InChI=1S/C12H15ClN2O/c1-14-11-5-6-15(8-11)12(16)9-3-2-4-10(13)7-9/h2-4,7,11,14H,5-6,8H2,1H3/t11-/m0/s1. The molecule has 4 heteroatoms. The van der Waals surface area contributed by atoms with Crippen molar-refractivity contribution in [3.05, 3.63) is 34.9 Å². The van der Waals surface area contributed by atoms with Crippen molar-refractivity contribution in [2.45, 2.75) is 12.5 Å². The van der Waals surface area contributed by atoms with Gasteiger partial charge in [-0.25, -0.2) is 0 Å². The number of nitrogens with zero attached hydrogens (tertiary/aromatic N) is 1. The number of likely N-dealkylation sites (N-methyl/N-ethyl adjacent to an activating group) is 1. The Balaban J connectivity index is 2.08. The number of hydrogen-bond acceptors (Lipinski definition) is 2. The maximum atomic E-state index is 12.1. The normalized spacial score (nSPS) is 20.1. The van der Waals surface area contributed by atoms with E-state index in [2.05, 4.69) is 5.32 Å². The van der Waals surface area contributed by atoms with E-state index in [0.717, 1.165) is 19.5 Å². The van der Waals surface area contributed by atoms with Gasteiger partial charge in [-0.05, 0) is 31.7 Å².